The van der Waals surface area contributed by atoms with Crippen molar-refractivity contribution in [2.75, 3.05) is 25.0 Å². The van der Waals surface area contributed by atoms with Gasteiger partial charge in [0.15, 0.2) is 11.9 Å². The number of nitrogens with zero attached hydrogens (tertiary/aromatic N) is 4. The van der Waals surface area contributed by atoms with E-state index >= 15 is 0 Å². The molecule has 0 radical (unpaired) electrons. The number of aryl methyl sites for hydroxylation is 1. The molecule has 1 fully saturated rings. The van der Waals surface area contributed by atoms with Gasteiger partial charge in [-0.1, -0.05) is 30.3 Å². The highest BCUT2D eigenvalue weighted by atomic mass is 16.5. The molecule has 2 amide bonds. The Morgan fingerprint density at radius 2 is 2.07 bits per heavy atom. The molecule has 3 aromatic rings. The van der Waals surface area contributed by atoms with Crippen LogP contribution in [-0.2, 0) is 16.1 Å². The fourth-order valence-corrected chi connectivity index (χ4v) is 3.44. The molecule has 1 aliphatic rings. The molecule has 0 spiro atoms. The summed E-state index contributed by atoms with van der Waals surface area (Å²) in [7, 11) is 0. The maximum Gasteiger partial charge on any atom is 0.272 e. The monoisotopic (exact) mass is 408 g/mol. The third-order valence-electron chi connectivity index (χ3n) is 5.13. The molecular weight excluding hydrogens is 384 g/mol. The molecule has 156 valence electrons. The Morgan fingerprint density at radius 3 is 2.80 bits per heavy atom. The molecule has 9 heteroatoms. The average Bonchev–Trinajstić information content (AvgIpc) is 3.40. The molecular formula is C21H24N6O3. The number of aromatic amines is 1. The van der Waals surface area contributed by atoms with Crippen molar-refractivity contribution in [3.63, 3.8) is 0 Å². The van der Waals surface area contributed by atoms with E-state index in [4.69, 9.17) is 4.74 Å². The van der Waals surface area contributed by atoms with E-state index in [1.165, 1.54) is 0 Å². The van der Waals surface area contributed by atoms with Gasteiger partial charge < -0.3 is 15.0 Å². The number of benzene rings is 1. The van der Waals surface area contributed by atoms with Crippen LogP contribution in [-0.4, -0.2) is 62.5 Å². The predicted molar refractivity (Wildman–Crippen MR) is 111 cm³/mol. The van der Waals surface area contributed by atoms with E-state index < -0.39 is 6.10 Å². The molecule has 3 heterocycles. The van der Waals surface area contributed by atoms with Crippen LogP contribution in [0, 0.1) is 6.92 Å². The first-order chi connectivity index (χ1) is 14.6. The second-order valence-electron chi connectivity index (χ2n) is 7.09. The molecule has 1 aliphatic heterocycles. The van der Waals surface area contributed by atoms with Crippen LogP contribution in [0.5, 0.6) is 0 Å². The topological polar surface area (TPSA) is 105 Å². The van der Waals surface area contributed by atoms with Crippen molar-refractivity contribution >= 4 is 17.6 Å². The van der Waals surface area contributed by atoms with Crippen LogP contribution in [0.2, 0.25) is 0 Å². The average molecular weight is 408 g/mol. The number of amides is 2. The fourth-order valence-electron chi connectivity index (χ4n) is 3.44. The largest absolute Gasteiger partial charge is 0.365 e. The first-order valence-electron chi connectivity index (χ1n) is 9.92. The van der Waals surface area contributed by atoms with Gasteiger partial charge in [-0.3, -0.25) is 19.4 Å². The quantitative estimate of drug-likeness (QED) is 0.673. The molecule has 1 aromatic carbocycles. The number of hydrogen-bond acceptors (Lipinski definition) is 5. The molecule has 1 atom stereocenters. The summed E-state index contributed by atoms with van der Waals surface area (Å²) < 4.78 is 7.32. The van der Waals surface area contributed by atoms with Crippen molar-refractivity contribution < 1.29 is 14.3 Å². The fraction of sp³-hybridized carbons (Fsp3) is 0.333. The molecule has 1 saturated heterocycles. The van der Waals surface area contributed by atoms with E-state index in [1.807, 2.05) is 44.2 Å². The number of aromatic nitrogens is 4. The van der Waals surface area contributed by atoms with Gasteiger partial charge in [-0.15, -0.1) is 0 Å². The smallest absolute Gasteiger partial charge is 0.272 e. The number of rotatable bonds is 5. The van der Waals surface area contributed by atoms with Gasteiger partial charge in [-0.05, 0) is 13.8 Å². The summed E-state index contributed by atoms with van der Waals surface area (Å²) in [4.78, 5) is 27.3. The van der Waals surface area contributed by atoms with Gasteiger partial charge in [0.05, 0.1) is 18.8 Å². The van der Waals surface area contributed by atoms with E-state index in [0.717, 1.165) is 16.8 Å². The Balaban J connectivity index is 1.45. The van der Waals surface area contributed by atoms with Crippen LogP contribution in [0.3, 0.4) is 0 Å². The summed E-state index contributed by atoms with van der Waals surface area (Å²) in [5, 5.41) is 14.2. The molecule has 2 N–H and O–H groups in total. The third kappa shape index (κ3) is 3.97. The lowest BCUT2D eigenvalue weighted by molar-refractivity contribution is -0.131. The van der Waals surface area contributed by atoms with E-state index in [9.17, 15) is 9.59 Å². The number of anilines is 1. The van der Waals surface area contributed by atoms with E-state index in [0.29, 0.717) is 24.6 Å². The molecule has 9 nitrogen and oxygen atoms in total. The normalized spacial score (nSPS) is 16.5. The third-order valence-corrected chi connectivity index (χ3v) is 5.13. The Labute approximate surface area is 174 Å². The van der Waals surface area contributed by atoms with Crippen LogP contribution in [0.25, 0.3) is 11.3 Å². The van der Waals surface area contributed by atoms with Crippen LogP contribution in [0.1, 0.15) is 23.0 Å². The van der Waals surface area contributed by atoms with E-state index in [2.05, 4.69) is 20.6 Å². The number of carbonyl (C=O) groups is 2. The second kappa shape index (κ2) is 8.50. The Bertz CT molecular complexity index is 1040. The Hall–Kier alpha value is -3.46. The minimum absolute atomic E-state index is 0.165. The highest BCUT2D eigenvalue weighted by molar-refractivity contribution is 5.97. The van der Waals surface area contributed by atoms with E-state index in [-0.39, 0.29) is 25.0 Å². The summed E-state index contributed by atoms with van der Waals surface area (Å²) >= 11 is 0. The summed E-state index contributed by atoms with van der Waals surface area (Å²) in [6.45, 7) is 5.41. The zero-order valence-corrected chi connectivity index (χ0v) is 17.0. The van der Waals surface area contributed by atoms with Gasteiger partial charge in [-0.2, -0.15) is 10.2 Å². The highest BCUT2D eigenvalue weighted by Crippen LogP contribution is 2.24. The second-order valence-corrected chi connectivity index (χ2v) is 7.09. The number of morpholine rings is 1. The molecule has 0 aliphatic carbocycles. The van der Waals surface area contributed by atoms with Crippen LogP contribution >= 0.6 is 0 Å². The molecule has 1 unspecified atom stereocenters. The number of hydrogen-bond donors (Lipinski definition) is 2. The molecule has 30 heavy (non-hydrogen) atoms. The van der Waals surface area contributed by atoms with Crippen LogP contribution in [0.15, 0.2) is 42.6 Å². The van der Waals surface area contributed by atoms with Gasteiger partial charge >= 0.3 is 0 Å². The maximum absolute atomic E-state index is 13.1. The van der Waals surface area contributed by atoms with Crippen molar-refractivity contribution in [2.24, 2.45) is 0 Å². The number of nitrogens with one attached hydrogen (secondary N) is 2. The zero-order valence-electron chi connectivity index (χ0n) is 17.0. The lowest BCUT2D eigenvalue weighted by Crippen LogP contribution is -2.50. The molecule has 4 rings (SSSR count). The van der Waals surface area contributed by atoms with Gasteiger partial charge in [0.25, 0.3) is 11.8 Å². The van der Waals surface area contributed by atoms with Crippen molar-refractivity contribution in [2.45, 2.75) is 26.5 Å². The zero-order chi connectivity index (χ0) is 21.1. The van der Waals surface area contributed by atoms with Gasteiger partial charge in [-0.25, -0.2) is 0 Å². The molecule has 2 aromatic heterocycles. The van der Waals surface area contributed by atoms with E-state index in [1.54, 1.807) is 21.8 Å². The Kier molecular flexibility index (Phi) is 5.62. The maximum atomic E-state index is 13.1. The lowest BCUT2D eigenvalue weighted by Gasteiger charge is -2.31. The van der Waals surface area contributed by atoms with Gasteiger partial charge in [0.1, 0.15) is 5.69 Å². The summed E-state index contributed by atoms with van der Waals surface area (Å²) in [6.07, 6.45) is 1.03. The van der Waals surface area contributed by atoms with Crippen molar-refractivity contribution in [1.29, 1.82) is 0 Å². The predicted octanol–water partition coefficient (Wildman–Crippen LogP) is 2.08. The minimum atomic E-state index is -0.758. The number of carbonyl (C=O) groups excluding carboxylic acids is 2. The number of ether oxygens (including phenoxy) is 1. The minimum Gasteiger partial charge on any atom is -0.365 e. The molecule has 0 bridgehead atoms. The van der Waals surface area contributed by atoms with Crippen molar-refractivity contribution in [1.82, 2.24) is 24.9 Å². The van der Waals surface area contributed by atoms with Gasteiger partial charge in [0.2, 0.25) is 0 Å². The first kappa shape index (κ1) is 19.8. The SMILES string of the molecule is CCn1ccc(NC(=O)C2CN(C(=O)c3[nH]nc(-c4ccccc4)c3C)CCO2)n1. The van der Waals surface area contributed by atoms with Gasteiger partial charge in [0, 0.05) is 36.5 Å². The summed E-state index contributed by atoms with van der Waals surface area (Å²) in [6, 6.07) is 11.4. The number of H-pyrrole nitrogens is 1. The first-order valence-corrected chi connectivity index (χ1v) is 9.92. The summed E-state index contributed by atoms with van der Waals surface area (Å²) in [5.74, 6) is -0.0514. The Morgan fingerprint density at radius 1 is 1.27 bits per heavy atom. The summed E-state index contributed by atoms with van der Waals surface area (Å²) in [5.41, 5.74) is 2.89. The van der Waals surface area contributed by atoms with Crippen molar-refractivity contribution in [3.05, 3.63) is 53.9 Å². The van der Waals surface area contributed by atoms with Crippen LogP contribution in [0.4, 0.5) is 5.82 Å². The highest BCUT2D eigenvalue weighted by Gasteiger charge is 2.31. The molecule has 0 saturated carbocycles. The van der Waals surface area contributed by atoms with Crippen molar-refractivity contribution in [3.8, 4) is 11.3 Å². The standard InChI is InChI=1S/C21H24N6O3/c1-3-27-10-9-17(25-27)22-20(28)16-13-26(11-12-30-16)21(29)19-14(2)18(23-24-19)15-7-5-4-6-8-15/h4-10,16H,3,11-13H2,1-2H3,(H,23,24)(H,22,25,28). The van der Waals surface area contributed by atoms with Crippen LogP contribution < -0.4 is 5.32 Å². The lowest BCUT2D eigenvalue weighted by atomic mass is 10.1.